The van der Waals surface area contributed by atoms with Gasteiger partial charge in [0.25, 0.3) is 0 Å². The molecular weight excluding hydrogens is 357 g/mol. The highest BCUT2D eigenvalue weighted by Crippen LogP contribution is 2.36. The van der Waals surface area contributed by atoms with Crippen LogP contribution < -0.4 is 0 Å². The molecular formula is C19H13ClFN3S. The van der Waals surface area contributed by atoms with Gasteiger partial charge in [0.2, 0.25) is 0 Å². The van der Waals surface area contributed by atoms with Crippen molar-refractivity contribution in [3.8, 4) is 11.1 Å². The highest BCUT2D eigenvalue weighted by atomic mass is 35.5. The second-order valence-corrected chi connectivity index (χ2v) is 6.88. The standard InChI is InChI=1S/C19H13ClFN3S/c20-14-3-6-16(17(11-14)13-1-4-15(21)5-2-13)18(19-23-8-10-25-19)24-9-7-22-12-24/h1-12,18H. The molecule has 0 saturated carbocycles. The molecule has 0 fully saturated rings. The maximum atomic E-state index is 13.3. The molecule has 0 radical (unpaired) electrons. The molecule has 0 amide bonds. The van der Waals surface area contributed by atoms with E-state index in [0.29, 0.717) is 5.02 Å². The third kappa shape index (κ3) is 3.21. The van der Waals surface area contributed by atoms with Crippen LogP contribution in [0.2, 0.25) is 5.02 Å². The Hall–Kier alpha value is -2.50. The Kier molecular flexibility index (Phi) is 4.34. The molecule has 4 aromatic rings. The number of halogens is 2. The van der Waals surface area contributed by atoms with Crippen molar-refractivity contribution in [2.75, 3.05) is 0 Å². The number of hydrogen-bond acceptors (Lipinski definition) is 3. The normalized spacial score (nSPS) is 12.2. The third-order valence-corrected chi connectivity index (χ3v) is 5.04. The van der Waals surface area contributed by atoms with Gasteiger partial charge in [0.1, 0.15) is 16.9 Å². The van der Waals surface area contributed by atoms with Gasteiger partial charge < -0.3 is 4.57 Å². The summed E-state index contributed by atoms with van der Waals surface area (Å²) in [6.45, 7) is 0. The summed E-state index contributed by atoms with van der Waals surface area (Å²) in [7, 11) is 0. The number of aromatic nitrogens is 3. The molecule has 2 aromatic carbocycles. The molecule has 1 atom stereocenters. The monoisotopic (exact) mass is 369 g/mol. The maximum Gasteiger partial charge on any atom is 0.123 e. The van der Waals surface area contributed by atoms with Crippen molar-refractivity contribution in [3.63, 3.8) is 0 Å². The summed E-state index contributed by atoms with van der Waals surface area (Å²) in [5.41, 5.74) is 2.88. The predicted molar refractivity (Wildman–Crippen MR) is 98.4 cm³/mol. The molecule has 0 spiro atoms. The second-order valence-electron chi connectivity index (χ2n) is 5.52. The van der Waals surface area contributed by atoms with E-state index in [1.807, 2.05) is 34.3 Å². The smallest absolute Gasteiger partial charge is 0.123 e. The number of imidazole rings is 1. The lowest BCUT2D eigenvalue weighted by Crippen LogP contribution is -2.11. The minimum absolute atomic E-state index is 0.125. The Morgan fingerprint density at radius 3 is 2.60 bits per heavy atom. The van der Waals surface area contributed by atoms with Gasteiger partial charge in [-0.1, -0.05) is 29.8 Å². The van der Waals surface area contributed by atoms with Gasteiger partial charge in [-0.2, -0.15) is 0 Å². The molecule has 1 unspecified atom stereocenters. The Labute approximate surface area is 153 Å². The average molecular weight is 370 g/mol. The van der Waals surface area contributed by atoms with Gasteiger partial charge in [0, 0.05) is 29.0 Å². The van der Waals surface area contributed by atoms with E-state index in [2.05, 4.69) is 9.97 Å². The van der Waals surface area contributed by atoms with E-state index in [4.69, 9.17) is 11.6 Å². The van der Waals surface area contributed by atoms with Crippen LogP contribution in [0, 0.1) is 5.82 Å². The Morgan fingerprint density at radius 1 is 1.08 bits per heavy atom. The van der Waals surface area contributed by atoms with Crippen LogP contribution in [0.15, 0.2) is 72.8 Å². The summed E-state index contributed by atoms with van der Waals surface area (Å²) in [5.74, 6) is -0.265. The molecule has 4 rings (SSSR count). The predicted octanol–water partition coefficient (Wildman–Crippen LogP) is 5.44. The van der Waals surface area contributed by atoms with Crippen LogP contribution in [0.5, 0.6) is 0 Å². The summed E-state index contributed by atoms with van der Waals surface area (Å²) < 4.78 is 15.3. The first-order valence-corrected chi connectivity index (χ1v) is 8.90. The molecule has 2 heterocycles. The first kappa shape index (κ1) is 16.0. The summed E-state index contributed by atoms with van der Waals surface area (Å²) in [4.78, 5) is 8.67. The number of rotatable bonds is 4. The van der Waals surface area contributed by atoms with E-state index in [0.717, 1.165) is 21.7 Å². The van der Waals surface area contributed by atoms with Crippen LogP contribution in [0.3, 0.4) is 0 Å². The van der Waals surface area contributed by atoms with Crippen LogP contribution in [-0.2, 0) is 0 Å². The zero-order chi connectivity index (χ0) is 17.2. The van der Waals surface area contributed by atoms with Gasteiger partial charge in [-0.05, 0) is 41.0 Å². The van der Waals surface area contributed by atoms with E-state index in [1.54, 1.807) is 42.2 Å². The number of benzene rings is 2. The Balaban J connectivity index is 1.92. The molecule has 3 nitrogen and oxygen atoms in total. The van der Waals surface area contributed by atoms with E-state index in [1.165, 1.54) is 12.1 Å². The third-order valence-electron chi connectivity index (χ3n) is 3.97. The molecule has 2 aromatic heterocycles. The largest absolute Gasteiger partial charge is 0.323 e. The van der Waals surface area contributed by atoms with Crippen LogP contribution in [0.1, 0.15) is 16.6 Å². The van der Waals surface area contributed by atoms with Gasteiger partial charge in [0.15, 0.2) is 0 Å². The van der Waals surface area contributed by atoms with Crippen molar-refractivity contribution in [2.45, 2.75) is 6.04 Å². The molecule has 0 aliphatic carbocycles. The highest BCUT2D eigenvalue weighted by Gasteiger charge is 2.22. The fourth-order valence-corrected chi connectivity index (χ4v) is 3.79. The number of thiazole rings is 1. The zero-order valence-corrected chi connectivity index (χ0v) is 14.6. The minimum atomic E-state index is -0.265. The lowest BCUT2D eigenvalue weighted by molar-refractivity contribution is 0.628. The van der Waals surface area contributed by atoms with Crippen LogP contribution >= 0.6 is 22.9 Å². The van der Waals surface area contributed by atoms with Crippen molar-refractivity contribution in [1.29, 1.82) is 0 Å². The number of nitrogens with zero attached hydrogens (tertiary/aromatic N) is 3. The van der Waals surface area contributed by atoms with Gasteiger partial charge in [-0.25, -0.2) is 14.4 Å². The van der Waals surface area contributed by atoms with Crippen LogP contribution in [0.25, 0.3) is 11.1 Å². The van der Waals surface area contributed by atoms with Gasteiger partial charge >= 0.3 is 0 Å². The van der Waals surface area contributed by atoms with Gasteiger partial charge in [-0.3, -0.25) is 0 Å². The molecule has 25 heavy (non-hydrogen) atoms. The quantitative estimate of drug-likeness (QED) is 0.479. The van der Waals surface area contributed by atoms with Crippen molar-refractivity contribution in [2.24, 2.45) is 0 Å². The number of hydrogen-bond donors (Lipinski definition) is 0. The van der Waals surface area contributed by atoms with Gasteiger partial charge in [0.05, 0.1) is 6.33 Å². The fourth-order valence-electron chi connectivity index (χ4n) is 2.86. The van der Waals surface area contributed by atoms with E-state index in [9.17, 15) is 4.39 Å². The SMILES string of the molecule is Fc1ccc(-c2cc(Cl)ccc2C(c2nccs2)n2ccnc2)cc1. The fraction of sp³-hybridized carbons (Fsp3) is 0.0526. The zero-order valence-electron chi connectivity index (χ0n) is 13.0. The lowest BCUT2D eigenvalue weighted by atomic mass is 9.95. The summed E-state index contributed by atoms with van der Waals surface area (Å²) in [6, 6.07) is 12.1. The second kappa shape index (κ2) is 6.78. The summed E-state index contributed by atoms with van der Waals surface area (Å²) in [5, 5.41) is 3.53. The summed E-state index contributed by atoms with van der Waals surface area (Å²) in [6.07, 6.45) is 7.22. The van der Waals surface area contributed by atoms with Crippen LogP contribution in [0.4, 0.5) is 4.39 Å². The minimum Gasteiger partial charge on any atom is -0.323 e. The molecule has 124 valence electrons. The first-order chi connectivity index (χ1) is 12.2. The first-order valence-electron chi connectivity index (χ1n) is 7.64. The van der Waals surface area contributed by atoms with Crippen molar-refractivity contribution < 1.29 is 4.39 Å². The van der Waals surface area contributed by atoms with Crippen LogP contribution in [-0.4, -0.2) is 14.5 Å². The maximum absolute atomic E-state index is 13.3. The molecule has 0 aliphatic heterocycles. The molecule has 0 N–H and O–H groups in total. The topological polar surface area (TPSA) is 30.7 Å². The van der Waals surface area contributed by atoms with Crippen molar-refractivity contribution in [1.82, 2.24) is 14.5 Å². The van der Waals surface area contributed by atoms with E-state index < -0.39 is 0 Å². The van der Waals surface area contributed by atoms with Crippen molar-refractivity contribution >= 4 is 22.9 Å². The van der Waals surface area contributed by atoms with Gasteiger partial charge in [-0.15, -0.1) is 11.3 Å². The highest BCUT2D eigenvalue weighted by molar-refractivity contribution is 7.09. The average Bonchev–Trinajstić information content (AvgIpc) is 3.32. The Bertz CT molecular complexity index is 932. The van der Waals surface area contributed by atoms with E-state index >= 15 is 0 Å². The van der Waals surface area contributed by atoms with E-state index in [-0.39, 0.29) is 11.9 Å². The van der Waals surface area contributed by atoms with Crippen molar-refractivity contribution in [3.05, 3.63) is 94.2 Å². The molecule has 6 heteroatoms. The Morgan fingerprint density at radius 2 is 1.92 bits per heavy atom. The molecule has 0 aliphatic rings. The lowest BCUT2D eigenvalue weighted by Gasteiger charge is -2.20. The summed E-state index contributed by atoms with van der Waals surface area (Å²) >= 11 is 7.83. The molecule has 0 bridgehead atoms. The molecule has 0 saturated heterocycles.